The fourth-order valence-electron chi connectivity index (χ4n) is 3.29. The second kappa shape index (κ2) is 11.6. The number of hydrazone groups is 1. The lowest BCUT2D eigenvalue weighted by Crippen LogP contribution is -2.22. The Kier molecular flexibility index (Phi) is 8.29. The number of anilines is 1. The fourth-order valence-corrected chi connectivity index (χ4v) is 3.29. The van der Waals surface area contributed by atoms with Gasteiger partial charge in [-0.05, 0) is 42.3 Å². The predicted octanol–water partition coefficient (Wildman–Crippen LogP) is 4.05. The Labute approximate surface area is 203 Å². The number of ether oxygens (including phenoxy) is 4. The summed E-state index contributed by atoms with van der Waals surface area (Å²) in [5.74, 6) is 0.548. The first kappa shape index (κ1) is 25.1. The monoisotopic (exact) mass is 477 g/mol. The number of amides is 2. The minimum absolute atomic E-state index is 0.137. The Morgan fingerprint density at radius 2 is 1.40 bits per heavy atom. The lowest BCUT2D eigenvalue weighted by molar-refractivity contribution is 0.0955. The van der Waals surface area contributed by atoms with Crippen molar-refractivity contribution in [2.75, 3.05) is 33.8 Å². The van der Waals surface area contributed by atoms with E-state index in [1.807, 2.05) is 31.2 Å². The van der Waals surface area contributed by atoms with E-state index in [1.54, 1.807) is 24.4 Å². The molecule has 0 heterocycles. The lowest BCUT2D eigenvalue weighted by Gasteiger charge is -2.15. The maximum atomic E-state index is 13.0. The molecule has 2 amide bonds. The third kappa shape index (κ3) is 5.89. The van der Waals surface area contributed by atoms with Gasteiger partial charge < -0.3 is 24.3 Å². The van der Waals surface area contributed by atoms with Crippen molar-refractivity contribution in [3.8, 4) is 23.0 Å². The highest BCUT2D eigenvalue weighted by atomic mass is 16.5. The van der Waals surface area contributed by atoms with E-state index in [1.165, 1.54) is 40.6 Å². The quantitative estimate of drug-likeness (QED) is 0.356. The number of hydrogen-bond acceptors (Lipinski definition) is 7. The molecule has 2 N–H and O–H groups in total. The van der Waals surface area contributed by atoms with E-state index < -0.39 is 11.8 Å². The molecule has 0 aliphatic rings. The number of benzene rings is 3. The standard InChI is InChI=1S/C26H27N3O6/c1-16-8-6-7-9-18(16)15-27-29-26(31)19-13-23(34-4)24(35-5)14-20(19)28-25(30)17-10-11-21(32-2)22(12-17)33-3/h6-15H,1-5H3,(H,28,30)(H,29,31)/b27-15+. The van der Waals surface area contributed by atoms with Gasteiger partial charge in [0.2, 0.25) is 0 Å². The first-order valence-electron chi connectivity index (χ1n) is 10.6. The number of nitrogens with zero attached hydrogens (tertiary/aromatic N) is 1. The van der Waals surface area contributed by atoms with Crippen LogP contribution < -0.4 is 29.7 Å². The molecule has 0 aliphatic carbocycles. The van der Waals surface area contributed by atoms with Crippen LogP contribution in [0.4, 0.5) is 5.69 Å². The number of carbonyl (C=O) groups excluding carboxylic acids is 2. The third-order valence-corrected chi connectivity index (χ3v) is 5.22. The van der Waals surface area contributed by atoms with Gasteiger partial charge in [-0.2, -0.15) is 5.10 Å². The molecule has 3 aromatic carbocycles. The summed E-state index contributed by atoms with van der Waals surface area (Å²) in [6, 6.07) is 15.4. The van der Waals surface area contributed by atoms with Gasteiger partial charge in [0.05, 0.1) is 45.9 Å². The molecule has 0 fully saturated rings. The van der Waals surface area contributed by atoms with Crippen LogP contribution in [0.15, 0.2) is 59.7 Å². The van der Waals surface area contributed by atoms with E-state index in [0.29, 0.717) is 28.6 Å². The number of aryl methyl sites for hydroxylation is 1. The van der Waals surface area contributed by atoms with Crippen molar-refractivity contribution >= 4 is 23.7 Å². The van der Waals surface area contributed by atoms with Crippen LogP contribution in [0.3, 0.4) is 0 Å². The van der Waals surface area contributed by atoms with Gasteiger partial charge in [0.25, 0.3) is 11.8 Å². The number of hydrogen-bond donors (Lipinski definition) is 2. The summed E-state index contributed by atoms with van der Waals surface area (Å²) in [5.41, 5.74) is 5.03. The molecule has 9 nitrogen and oxygen atoms in total. The van der Waals surface area contributed by atoms with Crippen LogP contribution in [0.25, 0.3) is 0 Å². The van der Waals surface area contributed by atoms with E-state index in [-0.39, 0.29) is 11.3 Å². The predicted molar refractivity (Wildman–Crippen MR) is 133 cm³/mol. The molecule has 0 unspecified atom stereocenters. The highest BCUT2D eigenvalue weighted by Crippen LogP contribution is 2.34. The average Bonchev–Trinajstić information content (AvgIpc) is 2.88. The van der Waals surface area contributed by atoms with Gasteiger partial charge in [0.15, 0.2) is 23.0 Å². The fraction of sp³-hybridized carbons (Fsp3) is 0.192. The highest BCUT2D eigenvalue weighted by molar-refractivity contribution is 6.09. The van der Waals surface area contributed by atoms with Gasteiger partial charge in [-0.1, -0.05) is 24.3 Å². The number of carbonyl (C=O) groups is 2. The third-order valence-electron chi connectivity index (χ3n) is 5.22. The van der Waals surface area contributed by atoms with Crippen molar-refractivity contribution in [1.29, 1.82) is 0 Å². The van der Waals surface area contributed by atoms with Gasteiger partial charge >= 0.3 is 0 Å². The first-order valence-corrected chi connectivity index (χ1v) is 10.6. The van der Waals surface area contributed by atoms with Crippen LogP contribution in [0.1, 0.15) is 31.8 Å². The van der Waals surface area contributed by atoms with E-state index in [9.17, 15) is 9.59 Å². The smallest absolute Gasteiger partial charge is 0.273 e. The summed E-state index contributed by atoms with van der Waals surface area (Å²) in [4.78, 5) is 26.0. The van der Waals surface area contributed by atoms with Gasteiger partial charge in [0.1, 0.15) is 0 Å². The molecule has 0 spiro atoms. The maximum Gasteiger partial charge on any atom is 0.273 e. The maximum absolute atomic E-state index is 13.0. The normalized spacial score (nSPS) is 10.5. The second-order valence-electron chi connectivity index (χ2n) is 7.33. The molecule has 0 saturated carbocycles. The van der Waals surface area contributed by atoms with Crippen molar-refractivity contribution in [3.05, 3.63) is 76.9 Å². The van der Waals surface area contributed by atoms with E-state index >= 15 is 0 Å². The summed E-state index contributed by atoms with van der Waals surface area (Å²) >= 11 is 0. The molecule has 0 bridgehead atoms. The SMILES string of the molecule is COc1ccc(C(=O)Nc2cc(OC)c(OC)cc2C(=O)N/N=C/c2ccccc2C)cc1OC. The van der Waals surface area contributed by atoms with Gasteiger partial charge in [-0.15, -0.1) is 0 Å². The summed E-state index contributed by atoms with van der Waals surface area (Å²) in [5, 5.41) is 6.81. The Hall–Kier alpha value is -4.53. The van der Waals surface area contributed by atoms with Crippen molar-refractivity contribution in [3.63, 3.8) is 0 Å². The molecule has 3 aromatic rings. The van der Waals surface area contributed by atoms with Crippen LogP contribution in [0, 0.1) is 6.92 Å². The van der Waals surface area contributed by atoms with Gasteiger partial charge in [0, 0.05) is 11.6 Å². The van der Waals surface area contributed by atoms with Crippen molar-refractivity contribution < 1.29 is 28.5 Å². The lowest BCUT2D eigenvalue weighted by atomic mass is 10.1. The number of rotatable bonds is 9. The summed E-state index contributed by atoms with van der Waals surface area (Å²) in [6.45, 7) is 1.94. The van der Waals surface area contributed by atoms with Crippen LogP contribution in [-0.4, -0.2) is 46.5 Å². The van der Waals surface area contributed by atoms with Crippen LogP contribution in [0.5, 0.6) is 23.0 Å². The average molecular weight is 478 g/mol. The Bertz CT molecular complexity index is 1260. The summed E-state index contributed by atoms with van der Waals surface area (Å²) in [7, 11) is 5.91. The first-order chi connectivity index (χ1) is 16.9. The zero-order chi connectivity index (χ0) is 25.4. The molecule has 0 aromatic heterocycles. The Morgan fingerprint density at radius 1 is 0.771 bits per heavy atom. The van der Waals surface area contributed by atoms with Crippen molar-refractivity contribution in [2.24, 2.45) is 5.10 Å². The summed E-state index contributed by atoms with van der Waals surface area (Å²) < 4.78 is 21.2. The highest BCUT2D eigenvalue weighted by Gasteiger charge is 2.20. The molecule has 0 radical (unpaired) electrons. The molecule has 0 atom stereocenters. The second-order valence-corrected chi connectivity index (χ2v) is 7.33. The molecule has 0 saturated heterocycles. The summed E-state index contributed by atoms with van der Waals surface area (Å²) in [6.07, 6.45) is 1.55. The zero-order valence-corrected chi connectivity index (χ0v) is 20.2. The number of methoxy groups -OCH3 is 4. The minimum Gasteiger partial charge on any atom is -0.493 e. The van der Waals surface area contributed by atoms with Crippen LogP contribution >= 0.6 is 0 Å². The van der Waals surface area contributed by atoms with E-state index in [0.717, 1.165) is 11.1 Å². The van der Waals surface area contributed by atoms with Gasteiger partial charge in [-0.25, -0.2) is 5.43 Å². The number of nitrogens with one attached hydrogen (secondary N) is 2. The molecule has 182 valence electrons. The molecule has 9 heteroatoms. The molecule has 0 aliphatic heterocycles. The minimum atomic E-state index is -0.543. The van der Waals surface area contributed by atoms with Crippen LogP contribution in [-0.2, 0) is 0 Å². The Morgan fingerprint density at radius 3 is 2.06 bits per heavy atom. The van der Waals surface area contributed by atoms with Gasteiger partial charge in [-0.3, -0.25) is 9.59 Å². The van der Waals surface area contributed by atoms with Crippen molar-refractivity contribution in [2.45, 2.75) is 6.92 Å². The topological polar surface area (TPSA) is 107 Å². The van der Waals surface area contributed by atoms with E-state index in [4.69, 9.17) is 18.9 Å². The molecule has 3 rings (SSSR count). The molecular formula is C26H27N3O6. The molecular weight excluding hydrogens is 450 g/mol. The van der Waals surface area contributed by atoms with E-state index in [2.05, 4.69) is 15.8 Å². The Balaban J connectivity index is 1.91. The zero-order valence-electron chi connectivity index (χ0n) is 20.2. The van der Waals surface area contributed by atoms with Crippen molar-refractivity contribution in [1.82, 2.24) is 5.43 Å². The largest absolute Gasteiger partial charge is 0.493 e. The molecule has 35 heavy (non-hydrogen) atoms. The van der Waals surface area contributed by atoms with Crippen LogP contribution in [0.2, 0.25) is 0 Å².